The van der Waals surface area contributed by atoms with Gasteiger partial charge in [0, 0.05) is 23.5 Å². The van der Waals surface area contributed by atoms with E-state index in [9.17, 15) is 4.79 Å². The van der Waals surface area contributed by atoms with Crippen molar-refractivity contribution < 1.29 is 4.79 Å². The Hall–Kier alpha value is -1.89. The highest BCUT2D eigenvalue weighted by atomic mass is 32.2. The molecule has 0 radical (unpaired) electrons. The summed E-state index contributed by atoms with van der Waals surface area (Å²) in [6.45, 7) is 5.39. The number of benzene rings is 2. The van der Waals surface area contributed by atoms with Gasteiger partial charge in [0.2, 0.25) is 0 Å². The molecule has 0 fully saturated rings. The Morgan fingerprint density at radius 3 is 2.59 bits per heavy atom. The van der Waals surface area contributed by atoms with E-state index in [1.807, 2.05) is 57.1 Å². The van der Waals surface area contributed by atoms with Gasteiger partial charge in [0.1, 0.15) is 0 Å². The lowest BCUT2D eigenvalue weighted by molar-refractivity contribution is 0.0984. The molecule has 0 aliphatic carbocycles. The van der Waals surface area contributed by atoms with E-state index >= 15 is 0 Å². The number of hydrogen-bond acceptors (Lipinski definition) is 5. The predicted octanol–water partition coefficient (Wildman–Crippen LogP) is 4.84. The highest BCUT2D eigenvalue weighted by Crippen LogP contribution is 2.32. The number of thiazole rings is 1. The molecule has 0 bridgehead atoms. The Bertz CT molecular complexity index is 965. The zero-order valence-corrected chi connectivity index (χ0v) is 18.1. The van der Waals surface area contributed by atoms with Crippen LogP contribution < -0.4 is 4.90 Å². The predicted molar refractivity (Wildman–Crippen MR) is 118 cm³/mol. The smallest absolute Gasteiger partial charge is 0.260 e. The Labute approximate surface area is 169 Å². The lowest BCUT2D eigenvalue weighted by Crippen LogP contribution is -2.37. The van der Waals surface area contributed by atoms with E-state index in [2.05, 4.69) is 23.3 Å². The van der Waals surface area contributed by atoms with Crippen LogP contribution in [0.1, 0.15) is 21.5 Å². The fourth-order valence-corrected chi connectivity index (χ4v) is 4.37. The van der Waals surface area contributed by atoms with Gasteiger partial charge in [0.25, 0.3) is 5.91 Å². The number of aryl methyl sites for hydroxylation is 2. The molecule has 0 aliphatic rings. The summed E-state index contributed by atoms with van der Waals surface area (Å²) >= 11 is 3.30. The standard InChI is InChI=1S/C21H25N3OS2/c1-14-6-7-15(2)17(12-14)20(25)24(11-10-23(3)4)21-22-18-9-8-16(26-5)13-19(18)27-21/h6-9,12-13H,10-11H2,1-5H3. The molecule has 0 atom stereocenters. The molecule has 1 aromatic heterocycles. The highest BCUT2D eigenvalue weighted by Gasteiger charge is 2.23. The summed E-state index contributed by atoms with van der Waals surface area (Å²) in [5.41, 5.74) is 3.77. The lowest BCUT2D eigenvalue weighted by atomic mass is 10.0. The summed E-state index contributed by atoms with van der Waals surface area (Å²) in [6.07, 6.45) is 2.07. The first kappa shape index (κ1) is 19.9. The van der Waals surface area contributed by atoms with E-state index in [-0.39, 0.29) is 5.91 Å². The Kier molecular flexibility index (Phi) is 6.19. The second-order valence-corrected chi connectivity index (χ2v) is 8.80. The Morgan fingerprint density at radius 2 is 1.89 bits per heavy atom. The number of carbonyl (C=O) groups excluding carboxylic acids is 1. The van der Waals surface area contributed by atoms with Crippen LogP contribution in [0.5, 0.6) is 0 Å². The summed E-state index contributed by atoms with van der Waals surface area (Å²) in [6, 6.07) is 12.3. The van der Waals surface area contributed by atoms with Crippen molar-refractivity contribution in [1.29, 1.82) is 0 Å². The van der Waals surface area contributed by atoms with Crippen molar-refractivity contribution in [2.45, 2.75) is 18.7 Å². The molecule has 3 aromatic rings. The molecule has 0 N–H and O–H groups in total. The van der Waals surface area contributed by atoms with Crippen molar-refractivity contribution in [3.63, 3.8) is 0 Å². The van der Waals surface area contributed by atoms with Gasteiger partial charge < -0.3 is 4.90 Å². The molecule has 0 spiro atoms. The molecule has 0 saturated heterocycles. The number of aromatic nitrogens is 1. The number of amides is 1. The molecule has 0 saturated carbocycles. The number of hydrogen-bond donors (Lipinski definition) is 0. The number of anilines is 1. The highest BCUT2D eigenvalue weighted by molar-refractivity contribution is 7.98. The number of thioether (sulfide) groups is 1. The number of rotatable bonds is 6. The minimum absolute atomic E-state index is 0.0159. The minimum Gasteiger partial charge on any atom is -0.308 e. The summed E-state index contributed by atoms with van der Waals surface area (Å²) in [5, 5.41) is 0.760. The molecule has 0 aliphatic heterocycles. The van der Waals surface area contributed by atoms with Crippen molar-refractivity contribution in [2.75, 3.05) is 38.3 Å². The van der Waals surface area contributed by atoms with Crippen LogP contribution in [0.4, 0.5) is 5.13 Å². The van der Waals surface area contributed by atoms with Gasteiger partial charge in [0.05, 0.1) is 10.2 Å². The van der Waals surface area contributed by atoms with Crippen molar-refractivity contribution in [3.8, 4) is 0 Å². The second-order valence-electron chi connectivity index (χ2n) is 6.91. The van der Waals surface area contributed by atoms with Crippen LogP contribution in [0.15, 0.2) is 41.3 Å². The Balaban J connectivity index is 2.02. The van der Waals surface area contributed by atoms with E-state index in [4.69, 9.17) is 4.98 Å². The van der Waals surface area contributed by atoms with Gasteiger partial charge in [-0.05, 0) is 64.0 Å². The van der Waals surface area contributed by atoms with E-state index < -0.39 is 0 Å². The SMILES string of the molecule is CSc1ccc2nc(N(CCN(C)C)C(=O)c3cc(C)ccc3C)sc2c1. The summed E-state index contributed by atoms with van der Waals surface area (Å²) in [4.78, 5) is 23.3. The first-order valence-electron chi connectivity index (χ1n) is 8.87. The maximum Gasteiger partial charge on any atom is 0.260 e. The average molecular weight is 400 g/mol. The maximum absolute atomic E-state index is 13.4. The van der Waals surface area contributed by atoms with E-state index in [0.29, 0.717) is 6.54 Å². The zero-order valence-electron chi connectivity index (χ0n) is 16.4. The second kappa shape index (κ2) is 8.42. The fraction of sp³-hybridized carbons (Fsp3) is 0.333. The third kappa shape index (κ3) is 4.51. The summed E-state index contributed by atoms with van der Waals surface area (Å²) in [7, 11) is 4.04. The Morgan fingerprint density at radius 1 is 1.11 bits per heavy atom. The van der Waals surface area contributed by atoms with Crippen LogP contribution >= 0.6 is 23.1 Å². The normalized spacial score (nSPS) is 11.3. The van der Waals surface area contributed by atoms with Crippen molar-refractivity contribution in [1.82, 2.24) is 9.88 Å². The summed E-state index contributed by atoms with van der Waals surface area (Å²) < 4.78 is 1.11. The first-order valence-corrected chi connectivity index (χ1v) is 10.9. The third-order valence-electron chi connectivity index (χ3n) is 4.45. The van der Waals surface area contributed by atoms with Gasteiger partial charge >= 0.3 is 0 Å². The molecule has 1 amide bonds. The van der Waals surface area contributed by atoms with Crippen molar-refractivity contribution in [3.05, 3.63) is 53.1 Å². The van der Waals surface area contributed by atoms with Crippen LogP contribution in [-0.2, 0) is 0 Å². The van der Waals surface area contributed by atoms with Gasteiger partial charge in [-0.1, -0.05) is 29.0 Å². The third-order valence-corrected chi connectivity index (χ3v) is 6.22. The van der Waals surface area contributed by atoms with Gasteiger partial charge in [0.15, 0.2) is 5.13 Å². The topological polar surface area (TPSA) is 36.4 Å². The summed E-state index contributed by atoms with van der Waals surface area (Å²) in [5.74, 6) is 0.0159. The van der Waals surface area contributed by atoms with Crippen LogP contribution in [0.3, 0.4) is 0 Å². The number of likely N-dealkylation sites (N-methyl/N-ethyl adjacent to an activating group) is 1. The molecular formula is C21H25N3OS2. The van der Waals surface area contributed by atoms with Crippen LogP contribution in [0.25, 0.3) is 10.2 Å². The van der Waals surface area contributed by atoms with Crippen LogP contribution in [0.2, 0.25) is 0 Å². The maximum atomic E-state index is 13.4. The quantitative estimate of drug-likeness (QED) is 0.556. The monoisotopic (exact) mass is 399 g/mol. The van der Waals surface area contributed by atoms with Gasteiger partial charge in [-0.3, -0.25) is 9.69 Å². The average Bonchev–Trinajstić information content (AvgIpc) is 3.06. The largest absolute Gasteiger partial charge is 0.308 e. The number of fused-ring (bicyclic) bond motifs is 1. The molecule has 27 heavy (non-hydrogen) atoms. The molecule has 142 valence electrons. The van der Waals surface area contributed by atoms with Gasteiger partial charge in [-0.15, -0.1) is 11.8 Å². The zero-order chi connectivity index (χ0) is 19.6. The number of carbonyl (C=O) groups is 1. The van der Waals surface area contributed by atoms with E-state index in [1.54, 1.807) is 23.1 Å². The van der Waals surface area contributed by atoms with Gasteiger partial charge in [-0.25, -0.2) is 4.98 Å². The van der Waals surface area contributed by atoms with Crippen LogP contribution in [-0.4, -0.2) is 49.2 Å². The first-order chi connectivity index (χ1) is 12.9. The molecule has 6 heteroatoms. The minimum atomic E-state index is 0.0159. The van der Waals surface area contributed by atoms with E-state index in [0.717, 1.165) is 38.6 Å². The van der Waals surface area contributed by atoms with Crippen molar-refractivity contribution in [2.24, 2.45) is 0 Å². The molecule has 4 nitrogen and oxygen atoms in total. The molecular weight excluding hydrogens is 374 g/mol. The fourth-order valence-electron chi connectivity index (χ4n) is 2.83. The van der Waals surface area contributed by atoms with Crippen molar-refractivity contribution >= 4 is 44.4 Å². The van der Waals surface area contributed by atoms with Crippen LogP contribution in [0, 0.1) is 13.8 Å². The molecule has 1 heterocycles. The molecule has 0 unspecified atom stereocenters. The van der Waals surface area contributed by atoms with E-state index in [1.165, 1.54) is 4.90 Å². The lowest BCUT2D eigenvalue weighted by Gasteiger charge is -2.23. The van der Waals surface area contributed by atoms with Gasteiger partial charge in [-0.2, -0.15) is 0 Å². The number of nitrogens with zero attached hydrogens (tertiary/aromatic N) is 3. The molecule has 2 aromatic carbocycles. The molecule has 3 rings (SSSR count).